The number of methoxy groups -OCH3 is 1. The minimum Gasteiger partial charge on any atom is -0.488 e. The molecule has 0 saturated carbocycles. The van der Waals surface area contributed by atoms with Crippen LogP contribution in [-0.4, -0.2) is 31.0 Å². The molecule has 0 spiro atoms. The first-order valence-electron chi connectivity index (χ1n) is 10.8. The summed E-state index contributed by atoms with van der Waals surface area (Å²) < 4.78 is 15.9. The third kappa shape index (κ3) is 7.20. The zero-order chi connectivity index (χ0) is 24.3. The molecular weight excluding hydrogens is 434 g/mol. The van der Waals surface area contributed by atoms with Crippen LogP contribution in [0.1, 0.15) is 34.0 Å². The van der Waals surface area contributed by atoms with Gasteiger partial charge in [-0.15, -0.1) is 0 Å². The van der Waals surface area contributed by atoms with Crippen molar-refractivity contribution in [2.75, 3.05) is 7.11 Å². The second-order valence-corrected chi connectivity index (χ2v) is 7.65. The number of Topliss-reactive ketones (excluding diaryl/α,β-unsaturated/α-hetero) is 1. The van der Waals surface area contributed by atoms with Crippen molar-refractivity contribution in [3.63, 3.8) is 0 Å². The highest BCUT2D eigenvalue weighted by atomic mass is 16.6. The Labute approximate surface area is 198 Å². The number of alkyl carbamates (subject to hydrolysis) is 1. The van der Waals surface area contributed by atoms with Crippen LogP contribution in [0.3, 0.4) is 0 Å². The van der Waals surface area contributed by atoms with E-state index in [1.165, 1.54) is 14.0 Å². The molecule has 176 valence electrons. The van der Waals surface area contributed by atoms with E-state index in [9.17, 15) is 14.4 Å². The van der Waals surface area contributed by atoms with Crippen molar-refractivity contribution in [3.8, 4) is 5.75 Å². The minimum absolute atomic E-state index is 0.0719. The molecule has 0 bridgehead atoms. The highest BCUT2D eigenvalue weighted by molar-refractivity contribution is 5.97. The van der Waals surface area contributed by atoms with Crippen LogP contribution in [0.2, 0.25) is 0 Å². The summed E-state index contributed by atoms with van der Waals surface area (Å²) >= 11 is 0. The lowest BCUT2D eigenvalue weighted by atomic mass is 10.0. The van der Waals surface area contributed by atoms with Crippen LogP contribution in [0.15, 0.2) is 78.9 Å². The predicted octanol–water partition coefficient (Wildman–Crippen LogP) is 4.48. The lowest BCUT2D eigenvalue weighted by Gasteiger charge is -2.18. The summed E-state index contributed by atoms with van der Waals surface area (Å²) in [6.45, 7) is 1.84. The summed E-state index contributed by atoms with van der Waals surface area (Å²) in [7, 11) is 1.24. The molecule has 1 unspecified atom stereocenters. The molecule has 1 amide bonds. The van der Waals surface area contributed by atoms with Gasteiger partial charge in [-0.2, -0.15) is 0 Å². The van der Waals surface area contributed by atoms with Gasteiger partial charge in [-0.05, 0) is 35.7 Å². The van der Waals surface area contributed by atoms with Crippen molar-refractivity contribution in [2.45, 2.75) is 32.6 Å². The number of nitrogens with one attached hydrogen (secondary N) is 1. The van der Waals surface area contributed by atoms with E-state index in [0.717, 1.165) is 11.1 Å². The van der Waals surface area contributed by atoms with Gasteiger partial charge in [0, 0.05) is 6.42 Å². The molecule has 0 radical (unpaired) electrons. The number of ketones is 1. The fourth-order valence-electron chi connectivity index (χ4n) is 3.32. The molecule has 0 aromatic heterocycles. The number of hydrogen-bond acceptors (Lipinski definition) is 6. The number of esters is 1. The smallest absolute Gasteiger partial charge is 0.408 e. The highest BCUT2D eigenvalue weighted by Crippen LogP contribution is 2.23. The maximum absolute atomic E-state index is 12.3. The molecule has 0 saturated heterocycles. The van der Waals surface area contributed by atoms with Crippen molar-refractivity contribution >= 4 is 17.8 Å². The largest absolute Gasteiger partial charge is 0.488 e. The Morgan fingerprint density at radius 1 is 0.824 bits per heavy atom. The van der Waals surface area contributed by atoms with Crippen LogP contribution in [0.25, 0.3) is 0 Å². The molecule has 1 atom stereocenters. The summed E-state index contributed by atoms with van der Waals surface area (Å²) in [5.41, 5.74) is 2.86. The molecule has 3 aromatic rings. The third-order valence-electron chi connectivity index (χ3n) is 5.09. The van der Waals surface area contributed by atoms with Gasteiger partial charge in [0.1, 0.15) is 25.0 Å². The van der Waals surface area contributed by atoms with Gasteiger partial charge in [0.05, 0.1) is 12.7 Å². The second-order valence-electron chi connectivity index (χ2n) is 7.65. The zero-order valence-electron chi connectivity index (χ0n) is 19.2. The van der Waals surface area contributed by atoms with Crippen molar-refractivity contribution in [1.29, 1.82) is 0 Å². The molecule has 0 aliphatic heterocycles. The molecule has 7 heteroatoms. The maximum atomic E-state index is 12.3. The van der Waals surface area contributed by atoms with Crippen molar-refractivity contribution in [3.05, 3.63) is 101 Å². The van der Waals surface area contributed by atoms with Crippen LogP contribution in [0, 0.1) is 0 Å². The van der Waals surface area contributed by atoms with E-state index in [1.54, 1.807) is 18.2 Å². The second kappa shape index (κ2) is 12.2. The van der Waals surface area contributed by atoms with Gasteiger partial charge in [-0.3, -0.25) is 4.79 Å². The van der Waals surface area contributed by atoms with Gasteiger partial charge < -0.3 is 19.5 Å². The van der Waals surface area contributed by atoms with E-state index < -0.39 is 18.1 Å². The number of ether oxygens (including phenoxy) is 3. The fraction of sp³-hybridized carbons (Fsp3) is 0.222. The predicted molar refractivity (Wildman–Crippen MR) is 126 cm³/mol. The van der Waals surface area contributed by atoms with Crippen molar-refractivity contribution in [2.24, 2.45) is 0 Å². The molecule has 34 heavy (non-hydrogen) atoms. The normalized spacial score (nSPS) is 11.2. The quantitative estimate of drug-likeness (QED) is 0.354. The first kappa shape index (κ1) is 24.5. The Morgan fingerprint density at radius 2 is 1.44 bits per heavy atom. The van der Waals surface area contributed by atoms with Crippen LogP contribution >= 0.6 is 0 Å². The number of amides is 1. The van der Waals surface area contributed by atoms with E-state index in [4.69, 9.17) is 14.2 Å². The highest BCUT2D eigenvalue weighted by Gasteiger charge is 2.23. The Hall–Kier alpha value is -4.13. The van der Waals surface area contributed by atoms with E-state index >= 15 is 0 Å². The number of hydrogen-bond donors (Lipinski definition) is 1. The molecule has 0 aliphatic carbocycles. The van der Waals surface area contributed by atoms with Crippen molar-refractivity contribution < 1.29 is 28.6 Å². The summed E-state index contributed by atoms with van der Waals surface area (Å²) in [6.07, 6.45) is -0.624. The molecule has 3 rings (SSSR count). The first-order chi connectivity index (χ1) is 16.5. The first-order valence-corrected chi connectivity index (χ1v) is 10.8. The number of carbonyl (C=O) groups excluding carboxylic acids is 3. The van der Waals surface area contributed by atoms with E-state index in [1.807, 2.05) is 60.7 Å². The maximum Gasteiger partial charge on any atom is 0.408 e. The average molecular weight is 462 g/mol. The lowest BCUT2D eigenvalue weighted by Crippen LogP contribution is -2.43. The van der Waals surface area contributed by atoms with Gasteiger partial charge in [-0.25, -0.2) is 9.59 Å². The zero-order valence-corrected chi connectivity index (χ0v) is 19.2. The SMILES string of the molecule is COC(=O)C(Cc1ccc(OCc2ccccc2)c(C(C)=O)c1)NC(=O)OCc1ccccc1. The Kier molecular flexibility index (Phi) is 8.80. The summed E-state index contributed by atoms with van der Waals surface area (Å²) in [5.74, 6) is -0.342. The van der Waals surface area contributed by atoms with Crippen LogP contribution in [0.5, 0.6) is 5.75 Å². The van der Waals surface area contributed by atoms with E-state index in [2.05, 4.69) is 5.32 Å². The van der Waals surface area contributed by atoms with Crippen LogP contribution in [-0.2, 0) is 33.9 Å². The average Bonchev–Trinajstić information content (AvgIpc) is 2.87. The summed E-state index contributed by atoms with van der Waals surface area (Å²) in [5, 5.41) is 2.54. The topological polar surface area (TPSA) is 90.9 Å². The minimum atomic E-state index is -0.982. The van der Waals surface area contributed by atoms with Crippen LogP contribution in [0.4, 0.5) is 4.79 Å². The molecule has 0 heterocycles. The van der Waals surface area contributed by atoms with Crippen molar-refractivity contribution in [1.82, 2.24) is 5.32 Å². The molecule has 1 N–H and O–H groups in total. The van der Waals surface area contributed by atoms with Gasteiger partial charge in [0.25, 0.3) is 0 Å². The Bertz CT molecular complexity index is 1110. The summed E-state index contributed by atoms with van der Waals surface area (Å²) in [6, 6.07) is 22.9. The molecule has 0 fully saturated rings. The lowest BCUT2D eigenvalue weighted by molar-refractivity contribution is -0.143. The molecule has 0 aliphatic rings. The fourth-order valence-corrected chi connectivity index (χ4v) is 3.32. The number of carbonyl (C=O) groups is 3. The number of rotatable bonds is 10. The van der Waals surface area contributed by atoms with Crippen LogP contribution < -0.4 is 10.1 Å². The Balaban J connectivity index is 1.67. The monoisotopic (exact) mass is 461 g/mol. The molecular formula is C27H27NO6. The Morgan fingerprint density at radius 3 is 2.03 bits per heavy atom. The van der Waals surface area contributed by atoms with Gasteiger partial charge in [-0.1, -0.05) is 66.7 Å². The van der Waals surface area contributed by atoms with Gasteiger partial charge in [0.2, 0.25) is 0 Å². The van der Waals surface area contributed by atoms with Gasteiger partial charge >= 0.3 is 12.1 Å². The van der Waals surface area contributed by atoms with E-state index in [-0.39, 0.29) is 18.8 Å². The molecule has 7 nitrogen and oxygen atoms in total. The van der Waals surface area contributed by atoms with E-state index in [0.29, 0.717) is 23.5 Å². The standard InChI is InChI=1S/C27H27NO6/c1-19(29)23-15-22(13-14-25(23)33-17-20-9-5-3-6-10-20)16-24(26(30)32-2)28-27(31)34-18-21-11-7-4-8-12-21/h3-15,24H,16-18H2,1-2H3,(H,28,31). The summed E-state index contributed by atoms with van der Waals surface area (Å²) in [4.78, 5) is 36.8. The number of benzene rings is 3. The molecule has 3 aromatic carbocycles. The van der Waals surface area contributed by atoms with Gasteiger partial charge in [0.15, 0.2) is 5.78 Å². The third-order valence-corrected chi connectivity index (χ3v) is 5.09.